The number of hydrazone groups is 1. The van der Waals surface area contributed by atoms with Crippen LogP contribution in [0.4, 0.5) is 0 Å². The van der Waals surface area contributed by atoms with Gasteiger partial charge in [0.1, 0.15) is 0 Å². The van der Waals surface area contributed by atoms with E-state index in [0.29, 0.717) is 5.92 Å². The maximum Gasteiger partial charge on any atom is 0.189 e. The van der Waals surface area contributed by atoms with E-state index >= 15 is 0 Å². The third kappa shape index (κ3) is 3.29. The van der Waals surface area contributed by atoms with Gasteiger partial charge in [-0.05, 0) is 23.7 Å². The fourth-order valence-electron chi connectivity index (χ4n) is 1.82. The molecule has 2 rings (SSSR count). The van der Waals surface area contributed by atoms with E-state index in [0.717, 1.165) is 30.3 Å². The van der Waals surface area contributed by atoms with Crippen molar-refractivity contribution in [2.45, 2.75) is 20.3 Å². The molecular weight excluding hydrogens is 242 g/mol. The van der Waals surface area contributed by atoms with Gasteiger partial charge in [0.15, 0.2) is 5.11 Å². The van der Waals surface area contributed by atoms with Crippen molar-refractivity contribution in [3.63, 3.8) is 0 Å². The molecule has 1 aromatic carbocycles. The monoisotopic (exact) mass is 261 g/mol. The molecule has 1 aliphatic heterocycles. The van der Waals surface area contributed by atoms with Gasteiger partial charge in [0, 0.05) is 19.5 Å². The SMILES string of the molecule is CC(C)CNC(=S)N1CCC(c2ccccc2)=N1. The van der Waals surface area contributed by atoms with Crippen molar-refractivity contribution in [1.29, 1.82) is 0 Å². The minimum absolute atomic E-state index is 0.586. The highest BCUT2D eigenvalue weighted by atomic mass is 32.1. The highest BCUT2D eigenvalue weighted by Gasteiger charge is 2.18. The zero-order chi connectivity index (χ0) is 13.0. The van der Waals surface area contributed by atoms with Crippen LogP contribution in [-0.4, -0.2) is 28.9 Å². The second-order valence-electron chi connectivity index (χ2n) is 4.87. The number of benzene rings is 1. The lowest BCUT2D eigenvalue weighted by Gasteiger charge is -2.17. The molecule has 0 radical (unpaired) electrons. The lowest BCUT2D eigenvalue weighted by Crippen LogP contribution is -2.36. The van der Waals surface area contributed by atoms with Crippen molar-refractivity contribution >= 4 is 23.0 Å². The summed E-state index contributed by atoms with van der Waals surface area (Å²) in [6.45, 7) is 6.09. The van der Waals surface area contributed by atoms with Gasteiger partial charge >= 0.3 is 0 Å². The summed E-state index contributed by atoms with van der Waals surface area (Å²) in [4.78, 5) is 0. The van der Waals surface area contributed by atoms with Crippen LogP contribution in [0.3, 0.4) is 0 Å². The molecule has 0 unspecified atom stereocenters. The van der Waals surface area contributed by atoms with Crippen molar-refractivity contribution in [2.75, 3.05) is 13.1 Å². The van der Waals surface area contributed by atoms with Gasteiger partial charge in [0.2, 0.25) is 0 Å². The van der Waals surface area contributed by atoms with Crippen LogP contribution in [0.5, 0.6) is 0 Å². The van der Waals surface area contributed by atoms with Gasteiger partial charge in [-0.15, -0.1) is 0 Å². The van der Waals surface area contributed by atoms with E-state index in [1.54, 1.807) is 0 Å². The second-order valence-corrected chi connectivity index (χ2v) is 5.25. The Labute approximate surface area is 114 Å². The quantitative estimate of drug-likeness (QED) is 0.848. The molecule has 1 aliphatic rings. The summed E-state index contributed by atoms with van der Waals surface area (Å²) in [5.74, 6) is 0.586. The molecule has 0 amide bonds. The summed E-state index contributed by atoms with van der Waals surface area (Å²) in [6, 6.07) is 10.3. The zero-order valence-corrected chi connectivity index (χ0v) is 11.7. The molecule has 1 aromatic rings. The first-order chi connectivity index (χ1) is 8.66. The van der Waals surface area contributed by atoms with Gasteiger partial charge in [-0.2, -0.15) is 5.10 Å². The minimum Gasteiger partial charge on any atom is -0.361 e. The summed E-state index contributed by atoms with van der Waals surface area (Å²) in [5.41, 5.74) is 2.30. The van der Waals surface area contributed by atoms with E-state index in [4.69, 9.17) is 12.2 Å². The van der Waals surface area contributed by atoms with Crippen LogP contribution >= 0.6 is 12.2 Å². The summed E-state index contributed by atoms with van der Waals surface area (Å²) >= 11 is 5.34. The topological polar surface area (TPSA) is 27.6 Å². The lowest BCUT2D eigenvalue weighted by atomic mass is 10.1. The molecule has 0 spiro atoms. The Morgan fingerprint density at radius 2 is 2.11 bits per heavy atom. The molecule has 96 valence electrons. The van der Waals surface area contributed by atoms with E-state index in [1.807, 2.05) is 23.2 Å². The third-order valence-electron chi connectivity index (χ3n) is 2.80. The van der Waals surface area contributed by atoms with Crippen molar-refractivity contribution in [3.8, 4) is 0 Å². The average molecular weight is 261 g/mol. The molecular formula is C14H19N3S. The van der Waals surface area contributed by atoms with Crippen LogP contribution in [0.15, 0.2) is 35.4 Å². The van der Waals surface area contributed by atoms with Gasteiger partial charge in [-0.3, -0.25) is 0 Å². The van der Waals surface area contributed by atoms with Crippen LogP contribution in [0.25, 0.3) is 0 Å². The molecule has 0 aliphatic carbocycles. The van der Waals surface area contributed by atoms with Gasteiger partial charge in [-0.25, -0.2) is 5.01 Å². The molecule has 0 saturated heterocycles. The van der Waals surface area contributed by atoms with E-state index < -0.39 is 0 Å². The fraction of sp³-hybridized carbons (Fsp3) is 0.429. The Bertz CT molecular complexity index is 440. The van der Waals surface area contributed by atoms with Crippen molar-refractivity contribution < 1.29 is 0 Å². The Kier molecular flexibility index (Phi) is 4.31. The third-order valence-corrected chi connectivity index (χ3v) is 3.16. The van der Waals surface area contributed by atoms with Gasteiger partial charge < -0.3 is 5.32 Å². The minimum atomic E-state index is 0.586. The molecule has 0 aromatic heterocycles. The van der Waals surface area contributed by atoms with Crippen LogP contribution < -0.4 is 5.32 Å². The largest absolute Gasteiger partial charge is 0.361 e. The first-order valence-corrected chi connectivity index (χ1v) is 6.76. The van der Waals surface area contributed by atoms with E-state index in [9.17, 15) is 0 Å². The Morgan fingerprint density at radius 3 is 2.78 bits per heavy atom. The number of nitrogens with zero attached hydrogens (tertiary/aromatic N) is 2. The summed E-state index contributed by atoms with van der Waals surface area (Å²) in [5, 5.41) is 10.4. The molecule has 4 heteroatoms. The molecule has 1 N–H and O–H groups in total. The van der Waals surface area contributed by atoms with Crippen LogP contribution in [0.1, 0.15) is 25.8 Å². The summed E-state index contributed by atoms with van der Waals surface area (Å²) in [6.07, 6.45) is 0.952. The molecule has 0 bridgehead atoms. The van der Waals surface area contributed by atoms with Crippen molar-refractivity contribution in [1.82, 2.24) is 10.3 Å². The number of nitrogens with one attached hydrogen (secondary N) is 1. The van der Waals surface area contributed by atoms with E-state index in [-0.39, 0.29) is 0 Å². The molecule has 18 heavy (non-hydrogen) atoms. The predicted octanol–water partition coefficient (Wildman–Crippen LogP) is 2.63. The molecule has 0 atom stereocenters. The zero-order valence-electron chi connectivity index (χ0n) is 10.9. The number of rotatable bonds is 3. The first kappa shape index (κ1) is 13.0. The molecule has 1 heterocycles. The normalized spacial score (nSPS) is 14.8. The van der Waals surface area contributed by atoms with E-state index in [1.165, 1.54) is 5.56 Å². The Hall–Kier alpha value is -1.42. The number of hydrogen-bond donors (Lipinski definition) is 1. The second kappa shape index (κ2) is 5.96. The molecule has 3 nitrogen and oxygen atoms in total. The maximum atomic E-state index is 5.34. The fourth-order valence-corrected chi connectivity index (χ4v) is 2.04. The number of hydrogen-bond acceptors (Lipinski definition) is 2. The maximum absolute atomic E-state index is 5.34. The highest BCUT2D eigenvalue weighted by Crippen LogP contribution is 2.13. The van der Waals surface area contributed by atoms with Gasteiger partial charge in [0.25, 0.3) is 0 Å². The summed E-state index contributed by atoms with van der Waals surface area (Å²) in [7, 11) is 0. The standard InChI is InChI=1S/C14H19N3S/c1-11(2)10-15-14(18)17-9-8-13(16-17)12-6-4-3-5-7-12/h3-7,11H,8-10H2,1-2H3,(H,15,18). The van der Waals surface area contributed by atoms with Crippen molar-refractivity contribution in [2.24, 2.45) is 11.0 Å². The van der Waals surface area contributed by atoms with Crippen LogP contribution in [-0.2, 0) is 0 Å². The number of thiocarbonyl (C=S) groups is 1. The predicted molar refractivity (Wildman–Crippen MR) is 79.7 cm³/mol. The lowest BCUT2D eigenvalue weighted by molar-refractivity contribution is 0.471. The van der Waals surface area contributed by atoms with Gasteiger partial charge in [-0.1, -0.05) is 44.2 Å². The smallest absolute Gasteiger partial charge is 0.189 e. The summed E-state index contributed by atoms with van der Waals surface area (Å²) < 4.78 is 0. The highest BCUT2D eigenvalue weighted by molar-refractivity contribution is 7.80. The molecule has 0 saturated carbocycles. The van der Waals surface area contributed by atoms with Crippen LogP contribution in [0, 0.1) is 5.92 Å². The Morgan fingerprint density at radius 1 is 1.39 bits per heavy atom. The first-order valence-electron chi connectivity index (χ1n) is 6.35. The van der Waals surface area contributed by atoms with Crippen molar-refractivity contribution in [3.05, 3.63) is 35.9 Å². The Balaban J connectivity index is 1.98. The molecule has 0 fully saturated rings. The van der Waals surface area contributed by atoms with Crippen LogP contribution in [0.2, 0.25) is 0 Å². The van der Waals surface area contributed by atoms with Gasteiger partial charge in [0.05, 0.1) is 5.71 Å². The average Bonchev–Trinajstić information content (AvgIpc) is 2.86. The van der Waals surface area contributed by atoms with E-state index in [2.05, 4.69) is 36.4 Å².